The molecule has 0 radical (unpaired) electrons. The van der Waals surface area contributed by atoms with Crippen LogP contribution in [0, 0.1) is 5.92 Å². The number of hydrogen-bond donors (Lipinski definition) is 2. The van der Waals surface area contributed by atoms with Gasteiger partial charge in [0.15, 0.2) is 0 Å². The van der Waals surface area contributed by atoms with Gasteiger partial charge >= 0.3 is 13.2 Å². The van der Waals surface area contributed by atoms with E-state index in [4.69, 9.17) is 4.74 Å². The van der Waals surface area contributed by atoms with Gasteiger partial charge in [-0.05, 0) is 57.0 Å². The number of likely N-dealkylation sites (tertiary alicyclic amines) is 1. The topological polar surface area (TPSA) is 70.0 Å². The van der Waals surface area contributed by atoms with E-state index in [2.05, 4.69) is 0 Å². The molecule has 0 aromatic heterocycles. The van der Waals surface area contributed by atoms with E-state index in [1.807, 2.05) is 39.0 Å². The maximum absolute atomic E-state index is 12.2. The van der Waals surface area contributed by atoms with Crippen LogP contribution < -0.4 is 5.46 Å². The van der Waals surface area contributed by atoms with Crippen LogP contribution in [0.4, 0.5) is 4.79 Å². The van der Waals surface area contributed by atoms with Crippen molar-refractivity contribution in [2.45, 2.75) is 45.6 Å². The molecule has 1 aromatic carbocycles. The van der Waals surface area contributed by atoms with Crippen LogP contribution >= 0.6 is 0 Å². The van der Waals surface area contributed by atoms with Crippen LogP contribution in [-0.4, -0.2) is 46.9 Å². The number of hydrogen-bond acceptors (Lipinski definition) is 4. The third-order valence-corrected chi connectivity index (χ3v) is 3.94. The van der Waals surface area contributed by atoms with Gasteiger partial charge in [-0.15, -0.1) is 0 Å². The number of piperidine rings is 1. The Labute approximate surface area is 138 Å². The Morgan fingerprint density at radius 2 is 2.13 bits per heavy atom. The molecule has 1 saturated heterocycles. The lowest BCUT2D eigenvalue weighted by molar-refractivity contribution is 0.0166. The zero-order chi connectivity index (χ0) is 17.0. The average molecular weight is 319 g/mol. The third kappa shape index (κ3) is 5.55. The molecule has 0 aliphatic carbocycles. The van der Waals surface area contributed by atoms with Crippen molar-refractivity contribution in [3.05, 3.63) is 29.8 Å². The van der Waals surface area contributed by atoms with Crippen molar-refractivity contribution >= 4 is 18.7 Å². The largest absolute Gasteiger partial charge is 0.488 e. The number of carbonyl (C=O) groups excluding carboxylic acids is 1. The van der Waals surface area contributed by atoms with Crippen LogP contribution in [0.3, 0.4) is 0 Å². The second kappa shape index (κ2) is 7.36. The number of nitrogens with zero attached hydrogens (tertiary/aromatic N) is 1. The molecule has 1 aromatic rings. The Balaban J connectivity index is 1.96. The average Bonchev–Trinajstić information content (AvgIpc) is 2.46. The molecule has 1 aliphatic rings. The van der Waals surface area contributed by atoms with Crippen LogP contribution in [0.25, 0.3) is 0 Å². The molecule has 2 N–H and O–H groups in total. The van der Waals surface area contributed by atoms with Crippen LogP contribution in [0.5, 0.6) is 0 Å². The highest BCUT2D eigenvalue weighted by molar-refractivity contribution is 6.58. The fourth-order valence-corrected chi connectivity index (χ4v) is 2.94. The van der Waals surface area contributed by atoms with Crippen LogP contribution in [0.15, 0.2) is 24.3 Å². The predicted molar refractivity (Wildman–Crippen MR) is 90.5 cm³/mol. The quantitative estimate of drug-likeness (QED) is 0.830. The van der Waals surface area contributed by atoms with Gasteiger partial charge in [0.1, 0.15) is 5.60 Å². The van der Waals surface area contributed by atoms with E-state index in [9.17, 15) is 14.8 Å². The molecule has 1 atom stereocenters. The van der Waals surface area contributed by atoms with Gasteiger partial charge in [0.05, 0.1) is 0 Å². The molecule has 1 fully saturated rings. The molecule has 1 heterocycles. The van der Waals surface area contributed by atoms with Crippen molar-refractivity contribution in [2.75, 3.05) is 13.1 Å². The zero-order valence-corrected chi connectivity index (χ0v) is 14.2. The highest BCUT2D eigenvalue weighted by Crippen LogP contribution is 2.22. The van der Waals surface area contributed by atoms with Crippen LogP contribution in [0.1, 0.15) is 39.2 Å². The molecule has 126 valence electrons. The third-order valence-electron chi connectivity index (χ3n) is 3.94. The van der Waals surface area contributed by atoms with Gasteiger partial charge in [-0.1, -0.05) is 24.3 Å². The summed E-state index contributed by atoms with van der Waals surface area (Å²) in [5, 5.41) is 18.5. The van der Waals surface area contributed by atoms with E-state index in [0.717, 1.165) is 31.4 Å². The molecule has 0 saturated carbocycles. The first-order valence-corrected chi connectivity index (χ1v) is 8.17. The van der Waals surface area contributed by atoms with E-state index in [-0.39, 0.29) is 6.09 Å². The maximum atomic E-state index is 12.2. The molecule has 0 bridgehead atoms. The lowest BCUT2D eigenvalue weighted by atomic mass is 9.78. The summed E-state index contributed by atoms with van der Waals surface area (Å²) in [6.07, 6.45) is 2.60. The summed E-state index contributed by atoms with van der Waals surface area (Å²) in [6.45, 7) is 7.04. The molecule has 1 unspecified atom stereocenters. The van der Waals surface area contributed by atoms with Gasteiger partial charge in [0.25, 0.3) is 0 Å². The number of amides is 1. The lowest BCUT2D eigenvalue weighted by Gasteiger charge is -2.34. The number of benzene rings is 1. The fraction of sp³-hybridized carbons (Fsp3) is 0.588. The number of carbonyl (C=O) groups is 1. The predicted octanol–water partition coefficient (Wildman–Crippen LogP) is 1.56. The van der Waals surface area contributed by atoms with Crippen molar-refractivity contribution in [3.8, 4) is 0 Å². The van der Waals surface area contributed by atoms with Gasteiger partial charge in [0.2, 0.25) is 0 Å². The van der Waals surface area contributed by atoms with Crippen LogP contribution in [-0.2, 0) is 11.2 Å². The van der Waals surface area contributed by atoms with Gasteiger partial charge in [-0.25, -0.2) is 4.79 Å². The van der Waals surface area contributed by atoms with E-state index in [1.54, 1.807) is 11.0 Å². The summed E-state index contributed by atoms with van der Waals surface area (Å²) in [6, 6.07) is 7.33. The first-order chi connectivity index (χ1) is 10.7. The van der Waals surface area contributed by atoms with Gasteiger partial charge in [-0.3, -0.25) is 0 Å². The first kappa shape index (κ1) is 17.8. The van der Waals surface area contributed by atoms with Crippen molar-refractivity contribution < 1.29 is 19.6 Å². The minimum Gasteiger partial charge on any atom is -0.444 e. The fourth-order valence-electron chi connectivity index (χ4n) is 2.94. The summed E-state index contributed by atoms with van der Waals surface area (Å²) < 4.78 is 5.45. The molecule has 6 heteroatoms. The Kier molecular flexibility index (Phi) is 5.71. The van der Waals surface area contributed by atoms with E-state index in [1.165, 1.54) is 0 Å². The summed E-state index contributed by atoms with van der Waals surface area (Å²) in [5.74, 6) is 0.363. The molecular formula is C17H26BNO4. The van der Waals surface area contributed by atoms with Gasteiger partial charge < -0.3 is 19.7 Å². The smallest absolute Gasteiger partial charge is 0.444 e. The monoisotopic (exact) mass is 319 g/mol. The van der Waals surface area contributed by atoms with Gasteiger partial charge in [-0.2, -0.15) is 0 Å². The van der Waals surface area contributed by atoms with Crippen molar-refractivity contribution in [1.29, 1.82) is 0 Å². The second-order valence-corrected chi connectivity index (χ2v) is 7.26. The Hall–Kier alpha value is -1.53. The summed E-state index contributed by atoms with van der Waals surface area (Å²) in [7, 11) is -1.44. The molecule has 23 heavy (non-hydrogen) atoms. The van der Waals surface area contributed by atoms with Crippen molar-refractivity contribution in [3.63, 3.8) is 0 Å². The first-order valence-electron chi connectivity index (χ1n) is 8.17. The van der Waals surface area contributed by atoms with Crippen molar-refractivity contribution in [1.82, 2.24) is 4.90 Å². The SMILES string of the molecule is CC(C)(C)OC(=O)N1CCCC(Cc2cccc(B(O)O)c2)C1. The minimum atomic E-state index is -1.44. The van der Waals surface area contributed by atoms with Gasteiger partial charge in [0, 0.05) is 13.1 Å². The standard InChI is InChI=1S/C17H26BNO4/c1-17(2,3)23-16(20)19-9-5-7-14(12-19)10-13-6-4-8-15(11-13)18(21)22/h4,6,8,11,14,21-22H,5,7,9-10,12H2,1-3H3. The number of rotatable bonds is 3. The summed E-state index contributed by atoms with van der Waals surface area (Å²) in [5.41, 5.74) is 1.09. The number of ether oxygens (including phenoxy) is 1. The highest BCUT2D eigenvalue weighted by Gasteiger charge is 2.27. The molecule has 0 spiro atoms. The maximum Gasteiger partial charge on any atom is 0.488 e. The Bertz CT molecular complexity index is 542. The molecular weight excluding hydrogens is 293 g/mol. The molecule has 5 nitrogen and oxygen atoms in total. The lowest BCUT2D eigenvalue weighted by Crippen LogP contribution is -2.43. The minimum absolute atomic E-state index is 0.248. The highest BCUT2D eigenvalue weighted by atomic mass is 16.6. The Morgan fingerprint density at radius 1 is 1.39 bits per heavy atom. The Morgan fingerprint density at radius 3 is 2.78 bits per heavy atom. The van der Waals surface area contributed by atoms with Crippen LogP contribution in [0.2, 0.25) is 0 Å². The second-order valence-electron chi connectivity index (χ2n) is 7.26. The summed E-state index contributed by atoms with van der Waals surface area (Å²) in [4.78, 5) is 14.0. The zero-order valence-electron chi connectivity index (χ0n) is 14.2. The molecule has 2 rings (SSSR count). The van der Waals surface area contributed by atoms with Crippen molar-refractivity contribution in [2.24, 2.45) is 5.92 Å². The van der Waals surface area contributed by atoms with E-state index < -0.39 is 12.7 Å². The normalized spacial score (nSPS) is 18.7. The summed E-state index contributed by atoms with van der Waals surface area (Å²) >= 11 is 0. The van der Waals surface area contributed by atoms with E-state index in [0.29, 0.717) is 17.9 Å². The molecule has 1 amide bonds. The van der Waals surface area contributed by atoms with E-state index >= 15 is 0 Å². The molecule has 1 aliphatic heterocycles.